The lowest BCUT2D eigenvalue weighted by Crippen LogP contribution is -2.42. The van der Waals surface area contributed by atoms with Gasteiger partial charge in [0.15, 0.2) is 0 Å². The van der Waals surface area contributed by atoms with E-state index in [1.165, 1.54) is 34.1 Å². The van der Waals surface area contributed by atoms with Gasteiger partial charge in [-0.05, 0) is 59.6 Å². The number of rotatable bonds is 4. The molecule has 0 spiro atoms. The molecule has 1 fully saturated rings. The van der Waals surface area contributed by atoms with Gasteiger partial charge in [-0.25, -0.2) is 4.39 Å². The highest BCUT2D eigenvalue weighted by molar-refractivity contribution is 7.10. The second-order valence-corrected chi connectivity index (χ2v) is 9.70. The predicted molar refractivity (Wildman–Crippen MR) is 116 cm³/mol. The lowest BCUT2D eigenvalue weighted by molar-refractivity contribution is -0.132. The molecule has 5 rings (SSSR count). The lowest BCUT2D eigenvalue weighted by atomic mass is 9.87. The fraction of sp³-hybridized carbons (Fsp3) is 0.409. The summed E-state index contributed by atoms with van der Waals surface area (Å²) in [6.07, 6.45) is 1.01. The Hall–Kier alpha value is -2.16. The molecule has 4 heterocycles. The first kappa shape index (κ1) is 19.8. The van der Waals surface area contributed by atoms with E-state index in [1.807, 2.05) is 33.7 Å². The highest BCUT2D eigenvalue weighted by atomic mass is 32.1. The monoisotopic (exact) mass is 442 g/mol. The summed E-state index contributed by atoms with van der Waals surface area (Å²) in [5.74, 6) is 0.0860. The van der Waals surface area contributed by atoms with Crippen LogP contribution in [0.2, 0.25) is 0 Å². The maximum atomic E-state index is 13.4. The van der Waals surface area contributed by atoms with Crippen LogP contribution in [-0.4, -0.2) is 51.5 Å². The third-order valence-corrected chi connectivity index (χ3v) is 7.99. The zero-order valence-corrected chi connectivity index (χ0v) is 18.3. The minimum atomic E-state index is -0.247. The number of halogens is 1. The van der Waals surface area contributed by atoms with Gasteiger partial charge in [0, 0.05) is 47.8 Å². The van der Waals surface area contributed by atoms with E-state index < -0.39 is 0 Å². The summed E-state index contributed by atoms with van der Waals surface area (Å²) in [6.45, 7) is 4.77. The molecule has 3 aromatic rings. The van der Waals surface area contributed by atoms with Crippen LogP contribution in [0.4, 0.5) is 4.39 Å². The first-order valence-corrected chi connectivity index (χ1v) is 11.9. The van der Waals surface area contributed by atoms with E-state index in [2.05, 4.69) is 32.9 Å². The molecule has 0 aliphatic carbocycles. The Bertz CT molecular complexity index is 1020. The van der Waals surface area contributed by atoms with E-state index in [0.29, 0.717) is 19.6 Å². The molecule has 8 heteroatoms. The van der Waals surface area contributed by atoms with E-state index in [1.54, 1.807) is 0 Å². The molecule has 2 aromatic heterocycles. The smallest absolute Gasteiger partial charge is 0.236 e. The normalized spacial score (nSPS) is 24.2. The third-order valence-electron chi connectivity index (χ3n) is 6.47. The van der Waals surface area contributed by atoms with Crippen molar-refractivity contribution in [1.29, 1.82) is 0 Å². The summed E-state index contributed by atoms with van der Waals surface area (Å²) in [6, 6.07) is 9.08. The minimum absolute atomic E-state index is 0.0837. The van der Waals surface area contributed by atoms with Crippen molar-refractivity contribution in [3.05, 3.63) is 68.6 Å². The number of benzene rings is 1. The van der Waals surface area contributed by atoms with Crippen LogP contribution >= 0.6 is 22.9 Å². The first-order chi connectivity index (χ1) is 14.6. The summed E-state index contributed by atoms with van der Waals surface area (Å²) in [5, 5.41) is 8.38. The molecule has 0 bridgehead atoms. The molecule has 2 aliphatic rings. The largest absolute Gasteiger partial charge is 0.340 e. The van der Waals surface area contributed by atoms with Crippen molar-refractivity contribution in [1.82, 2.24) is 19.4 Å². The van der Waals surface area contributed by atoms with Gasteiger partial charge < -0.3 is 4.90 Å². The van der Waals surface area contributed by atoms with Crippen molar-refractivity contribution in [2.75, 3.05) is 26.2 Å². The van der Waals surface area contributed by atoms with Crippen molar-refractivity contribution in [3.63, 3.8) is 0 Å². The van der Waals surface area contributed by atoms with Gasteiger partial charge in [-0.15, -0.1) is 16.4 Å². The lowest BCUT2D eigenvalue weighted by Gasteiger charge is -2.34. The summed E-state index contributed by atoms with van der Waals surface area (Å²) < 4.78 is 17.5. The van der Waals surface area contributed by atoms with Crippen LogP contribution in [0.3, 0.4) is 0 Å². The summed E-state index contributed by atoms with van der Waals surface area (Å²) in [5.41, 5.74) is 3.31. The molecule has 156 valence electrons. The number of aromatic nitrogens is 2. The number of hydrogen-bond donors (Lipinski definition) is 0. The number of amides is 1. The number of fused-ring (bicyclic) bond motifs is 1. The van der Waals surface area contributed by atoms with Gasteiger partial charge in [0.25, 0.3) is 0 Å². The third kappa shape index (κ3) is 3.68. The maximum absolute atomic E-state index is 13.4. The molecule has 5 nitrogen and oxygen atoms in total. The van der Waals surface area contributed by atoms with Crippen LogP contribution in [-0.2, 0) is 11.2 Å². The quantitative estimate of drug-likeness (QED) is 0.611. The van der Waals surface area contributed by atoms with Crippen LogP contribution in [0.1, 0.15) is 46.5 Å². The number of nitrogens with zero attached hydrogens (tertiary/aromatic N) is 4. The number of hydrogen-bond acceptors (Lipinski definition) is 6. The summed E-state index contributed by atoms with van der Waals surface area (Å²) in [4.78, 5) is 18.9. The molecule has 1 aromatic carbocycles. The number of carbonyl (C=O) groups is 1. The fourth-order valence-electron chi connectivity index (χ4n) is 4.74. The van der Waals surface area contributed by atoms with Gasteiger partial charge in [0.05, 0.1) is 12.2 Å². The Morgan fingerprint density at radius 3 is 2.77 bits per heavy atom. The molecule has 0 saturated carbocycles. The zero-order valence-electron chi connectivity index (χ0n) is 16.7. The summed E-state index contributed by atoms with van der Waals surface area (Å²) in [7, 11) is 0. The number of thiophene rings is 1. The van der Waals surface area contributed by atoms with Gasteiger partial charge in [-0.2, -0.15) is 0 Å². The highest BCUT2D eigenvalue weighted by Gasteiger charge is 2.39. The van der Waals surface area contributed by atoms with Crippen molar-refractivity contribution < 1.29 is 9.18 Å². The van der Waals surface area contributed by atoms with Crippen molar-refractivity contribution >= 4 is 28.8 Å². The van der Waals surface area contributed by atoms with E-state index in [0.717, 1.165) is 24.2 Å². The zero-order chi connectivity index (χ0) is 20.7. The number of carbonyl (C=O) groups excluding carboxylic acids is 1. The first-order valence-electron chi connectivity index (χ1n) is 10.2. The Balaban J connectivity index is 1.33. The number of likely N-dealkylation sites (tertiary alicyclic amines) is 1. The molecule has 3 atom stereocenters. The van der Waals surface area contributed by atoms with E-state index in [-0.39, 0.29) is 29.6 Å². The second kappa shape index (κ2) is 8.17. The average Bonchev–Trinajstić information content (AvgIpc) is 3.50. The molecule has 30 heavy (non-hydrogen) atoms. The van der Waals surface area contributed by atoms with E-state index in [9.17, 15) is 9.18 Å². The average molecular weight is 443 g/mol. The molecular weight excluding hydrogens is 419 g/mol. The Kier molecular flexibility index (Phi) is 5.39. The molecular formula is C22H23FN4OS2. The molecule has 0 radical (unpaired) electrons. The molecule has 2 aliphatic heterocycles. The standard InChI is InChI=1S/C22H23FN4OS2/c1-14-17-7-9-29-21(17)6-8-26(14)12-22(28)27-10-18(15-2-4-16(23)5-3-15)19(11-27)20-13-30-25-24-20/h2-5,7,9,13-14,18-19H,6,8,10-12H2,1H3/t14?,18-,19+/m0/s1. The Morgan fingerprint density at radius 2 is 2.00 bits per heavy atom. The topological polar surface area (TPSA) is 49.3 Å². The van der Waals surface area contributed by atoms with E-state index >= 15 is 0 Å². The SMILES string of the molecule is CC1c2ccsc2CCN1CC(=O)N1C[C@@H](c2ccc(F)cc2)[C@H](c2csnn2)C1. The van der Waals surface area contributed by atoms with Gasteiger partial charge in [-0.3, -0.25) is 9.69 Å². The summed E-state index contributed by atoms with van der Waals surface area (Å²) >= 11 is 3.14. The van der Waals surface area contributed by atoms with Crippen molar-refractivity contribution in [2.24, 2.45) is 0 Å². The van der Waals surface area contributed by atoms with Crippen molar-refractivity contribution in [3.8, 4) is 0 Å². The van der Waals surface area contributed by atoms with E-state index in [4.69, 9.17) is 0 Å². The second-order valence-electron chi connectivity index (χ2n) is 8.09. The van der Waals surface area contributed by atoms with Gasteiger partial charge >= 0.3 is 0 Å². The van der Waals surface area contributed by atoms with Gasteiger partial charge in [0.1, 0.15) is 5.82 Å². The molecule has 1 unspecified atom stereocenters. The highest BCUT2D eigenvalue weighted by Crippen LogP contribution is 2.40. The molecule has 1 amide bonds. The molecule has 0 N–H and O–H groups in total. The van der Waals surface area contributed by atoms with Crippen LogP contribution in [0.5, 0.6) is 0 Å². The van der Waals surface area contributed by atoms with Gasteiger partial charge in [0.2, 0.25) is 5.91 Å². The van der Waals surface area contributed by atoms with Crippen LogP contribution in [0.15, 0.2) is 41.1 Å². The van der Waals surface area contributed by atoms with Crippen LogP contribution < -0.4 is 0 Å². The molecule has 1 saturated heterocycles. The minimum Gasteiger partial charge on any atom is -0.340 e. The van der Waals surface area contributed by atoms with Crippen LogP contribution in [0, 0.1) is 5.82 Å². The fourth-order valence-corrected chi connectivity index (χ4v) is 6.22. The maximum Gasteiger partial charge on any atom is 0.236 e. The predicted octanol–water partition coefficient (Wildman–Crippen LogP) is 4.07. The Morgan fingerprint density at radius 1 is 1.20 bits per heavy atom. The van der Waals surface area contributed by atoms with Crippen LogP contribution in [0.25, 0.3) is 0 Å². The Labute approximate surface area is 183 Å². The van der Waals surface area contributed by atoms with Crippen molar-refractivity contribution in [2.45, 2.75) is 31.2 Å². The van der Waals surface area contributed by atoms with Gasteiger partial charge in [-0.1, -0.05) is 16.6 Å².